The number of carbonyl (C=O) groups excluding carboxylic acids is 1. The second-order valence-corrected chi connectivity index (χ2v) is 6.32. The van der Waals surface area contributed by atoms with Gasteiger partial charge in [-0.25, -0.2) is 4.98 Å². The van der Waals surface area contributed by atoms with E-state index in [0.29, 0.717) is 11.6 Å². The van der Waals surface area contributed by atoms with Crippen LogP contribution >= 0.6 is 0 Å². The van der Waals surface area contributed by atoms with E-state index in [1.165, 1.54) is 12.3 Å². The lowest BCUT2D eigenvalue weighted by Gasteiger charge is -2.31. The maximum Gasteiger partial charge on any atom is 0.293 e. The van der Waals surface area contributed by atoms with E-state index in [9.17, 15) is 14.9 Å². The molecule has 7 nitrogen and oxygen atoms in total. The number of nitro benzene ring substituents is 1. The summed E-state index contributed by atoms with van der Waals surface area (Å²) in [5.74, 6) is 0.595. The molecule has 0 radical (unpaired) electrons. The van der Waals surface area contributed by atoms with Gasteiger partial charge in [0.1, 0.15) is 5.69 Å². The van der Waals surface area contributed by atoms with E-state index in [4.69, 9.17) is 0 Å². The zero-order valence-electron chi connectivity index (χ0n) is 13.8. The quantitative estimate of drug-likeness (QED) is 0.490. The third kappa shape index (κ3) is 3.02. The number of aryl methyl sites for hydroxylation is 1. The molecule has 1 aromatic heterocycles. The van der Waals surface area contributed by atoms with Crippen LogP contribution in [-0.2, 0) is 7.05 Å². The van der Waals surface area contributed by atoms with E-state index >= 15 is 0 Å². The summed E-state index contributed by atoms with van der Waals surface area (Å²) in [5.41, 5.74) is 0.845. The molecule has 0 saturated carbocycles. The van der Waals surface area contributed by atoms with Gasteiger partial charge >= 0.3 is 0 Å². The minimum atomic E-state index is -0.414. The summed E-state index contributed by atoms with van der Waals surface area (Å²) in [7, 11) is 1.72. The molecule has 0 bridgehead atoms. The molecule has 0 spiro atoms. The first kappa shape index (κ1) is 16.2. The third-order valence-electron chi connectivity index (χ3n) is 4.58. The first-order valence-electron chi connectivity index (χ1n) is 8.02. The lowest BCUT2D eigenvalue weighted by Crippen LogP contribution is -2.33. The van der Waals surface area contributed by atoms with Crippen LogP contribution in [0.5, 0.6) is 0 Å². The summed E-state index contributed by atoms with van der Waals surface area (Å²) in [6, 6.07) is 4.70. The van der Waals surface area contributed by atoms with E-state index < -0.39 is 4.92 Å². The summed E-state index contributed by atoms with van der Waals surface area (Å²) in [6.45, 7) is 3.80. The smallest absolute Gasteiger partial charge is 0.293 e. The summed E-state index contributed by atoms with van der Waals surface area (Å²) in [6.07, 6.45) is 5.24. The van der Waals surface area contributed by atoms with Crippen molar-refractivity contribution in [3.8, 4) is 0 Å². The molecule has 0 aliphatic carbocycles. The van der Waals surface area contributed by atoms with Crippen LogP contribution in [0.4, 0.5) is 11.4 Å². The van der Waals surface area contributed by atoms with Crippen LogP contribution in [0, 0.1) is 16.0 Å². The monoisotopic (exact) mass is 328 g/mol. The molecule has 24 heavy (non-hydrogen) atoms. The van der Waals surface area contributed by atoms with Crippen molar-refractivity contribution in [2.24, 2.45) is 13.0 Å². The highest BCUT2D eigenvalue weighted by Gasteiger charge is 2.25. The lowest BCUT2D eigenvalue weighted by atomic mass is 9.98. The number of nitro groups is 1. The Labute approximate surface area is 140 Å². The molecule has 2 aromatic rings. The number of hydrogen-bond donors (Lipinski definition) is 0. The summed E-state index contributed by atoms with van der Waals surface area (Å²) in [4.78, 5) is 29.7. The van der Waals surface area contributed by atoms with Crippen molar-refractivity contribution in [3.63, 3.8) is 0 Å². The Morgan fingerprint density at radius 3 is 2.62 bits per heavy atom. The Morgan fingerprint density at radius 2 is 2.04 bits per heavy atom. The van der Waals surface area contributed by atoms with Gasteiger partial charge in [-0.15, -0.1) is 0 Å². The van der Waals surface area contributed by atoms with Crippen molar-refractivity contribution in [1.29, 1.82) is 0 Å². The highest BCUT2D eigenvalue weighted by Crippen LogP contribution is 2.32. The van der Waals surface area contributed by atoms with E-state index in [1.54, 1.807) is 29.9 Å². The third-order valence-corrected chi connectivity index (χ3v) is 4.58. The number of carbonyl (C=O) groups is 1. The average molecular weight is 328 g/mol. The van der Waals surface area contributed by atoms with Gasteiger partial charge in [0, 0.05) is 44.2 Å². The Hall–Kier alpha value is -2.70. The number of hydrogen-bond acceptors (Lipinski definition) is 5. The Balaban J connectivity index is 1.94. The van der Waals surface area contributed by atoms with Crippen molar-refractivity contribution >= 4 is 17.2 Å². The Morgan fingerprint density at radius 1 is 1.33 bits per heavy atom. The Kier molecular flexibility index (Phi) is 4.33. The molecule has 7 heteroatoms. The van der Waals surface area contributed by atoms with Crippen LogP contribution in [0.3, 0.4) is 0 Å². The van der Waals surface area contributed by atoms with E-state index in [1.807, 2.05) is 4.90 Å². The van der Waals surface area contributed by atoms with E-state index in [2.05, 4.69) is 11.9 Å². The molecule has 1 aromatic carbocycles. The highest BCUT2D eigenvalue weighted by molar-refractivity contribution is 6.07. The van der Waals surface area contributed by atoms with Gasteiger partial charge in [0.15, 0.2) is 5.82 Å². The minimum absolute atomic E-state index is 0.0235. The standard InChI is InChI=1S/C17H20N4O3/c1-12-5-8-20(9-6-12)14-4-3-13(11-15(14)21(23)24)16(22)17-18-7-10-19(17)2/h3-4,7,10-12H,5-6,8-9H2,1-2H3. The van der Waals surface area contributed by atoms with Gasteiger partial charge in [-0.3, -0.25) is 14.9 Å². The van der Waals surface area contributed by atoms with Gasteiger partial charge in [0.2, 0.25) is 5.78 Å². The van der Waals surface area contributed by atoms with Gasteiger partial charge in [-0.1, -0.05) is 6.92 Å². The zero-order chi connectivity index (χ0) is 17.3. The van der Waals surface area contributed by atoms with E-state index in [-0.39, 0.29) is 22.9 Å². The molecule has 1 aliphatic rings. The fraction of sp³-hybridized carbons (Fsp3) is 0.412. The number of rotatable bonds is 4. The van der Waals surface area contributed by atoms with Crippen molar-refractivity contribution in [1.82, 2.24) is 9.55 Å². The number of imidazole rings is 1. The second kappa shape index (κ2) is 6.43. The second-order valence-electron chi connectivity index (χ2n) is 6.32. The zero-order valence-corrected chi connectivity index (χ0v) is 13.8. The minimum Gasteiger partial charge on any atom is -0.366 e. The number of nitrogens with zero attached hydrogens (tertiary/aromatic N) is 4. The highest BCUT2D eigenvalue weighted by atomic mass is 16.6. The average Bonchev–Trinajstić information content (AvgIpc) is 3.00. The molecular formula is C17H20N4O3. The van der Waals surface area contributed by atoms with Crippen LogP contribution < -0.4 is 4.90 Å². The molecule has 2 heterocycles. The molecule has 0 unspecified atom stereocenters. The normalized spacial score (nSPS) is 15.5. The van der Waals surface area contributed by atoms with Gasteiger partial charge in [0.05, 0.1) is 4.92 Å². The van der Waals surface area contributed by atoms with Crippen LogP contribution in [0.25, 0.3) is 0 Å². The molecule has 0 amide bonds. The number of benzene rings is 1. The summed E-state index contributed by atoms with van der Waals surface area (Å²) in [5, 5.41) is 11.5. The maximum atomic E-state index is 12.5. The number of aromatic nitrogens is 2. The SMILES string of the molecule is CC1CCN(c2ccc(C(=O)c3nccn3C)cc2[N+](=O)[O-])CC1. The largest absolute Gasteiger partial charge is 0.366 e. The van der Waals surface area contributed by atoms with Crippen molar-refractivity contribution in [3.05, 3.63) is 52.1 Å². The van der Waals surface area contributed by atoms with Gasteiger partial charge in [0.25, 0.3) is 5.69 Å². The van der Waals surface area contributed by atoms with Crippen molar-refractivity contribution < 1.29 is 9.72 Å². The van der Waals surface area contributed by atoms with Gasteiger partial charge < -0.3 is 9.47 Å². The topological polar surface area (TPSA) is 81.3 Å². The predicted octanol–water partition coefficient (Wildman–Crippen LogP) is 2.80. The molecule has 3 rings (SSSR count). The van der Waals surface area contributed by atoms with Crippen molar-refractivity contribution in [2.75, 3.05) is 18.0 Å². The molecule has 1 fully saturated rings. The number of anilines is 1. The molecule has 0 atom stereocenters. The van der Waals surface area contributed by atoms with Crippen LogP contribution in [-0.4, -0.2) is 33.3 Å². The molecular weight excluding hydrogens is 308 g/mol. The molecule has 126 valence electrons. The fourth-order valence-electron chi connectivity index (χ4n) is 3.04. The summed E-state index contributed by atoms with van der Waals surface area (Å²) < 4.78 is 1.61. The fourth-order valence-corrected chi connectivity index (χ4v) is 3.04. The predicted molar refractivity (Wildman–Crippen MR) is 90.3 cm³/mol. The van der Waals surface area contributed by atoms with Gasteiger partial charge in [-0.05, 0) is 30.9 Å². The molecule has 1 aliphatic heterocycles. The number of ketones is 1. The van der Waals surface area contributed by atoms with Crippen molar-refractivity contribution in [2.45, 2.75) is 19.8 Å². The van der Waals surface area contributed by atoms with E-state index in [0.717, 1.165) is 25.9 Å². The first-order chi connectivity index (χ1) is 11.5. The Bertz CT molecular complexity index is 776. The number of piperidine rings is 1. The lowest BCUT2D eigenvalue weighted by molar-refractivity contribution is -0.384. The van der Waals surface area contributed by atoms with Crippen LogP contribution in [0.2, 0.25) is 0 Å². The molecule has 0 N–H and O–H groups in total. The molecule has 1 saturated heterocycles. The maximum absolute atomic E-state index is 12.5. The van der Waals surface area contributed by atoms with Crippen LogP contribution in [0.15, 0.2) is 30.6 Å². The summed E-state index contributed by atoms with van der Waals surface area (Å²) >= 11 is 0. The van der Waals surface area contributed by atoms with Gasteiger partial charge in [-0.2, -0.15) is 0 Å². The van der Waals surface area contributed by atoms with Crippen LogP contribution in [0.1, 0.15) is 35.9 Å². The first-order valence-corrected chi connectivity index (χ1v) is 8.02.